The Labute approximate surface area is 39.3 Å². The molecule has 1 N–H and O–H groups in total. The minimum absolute atomic E-state index is 1.13. The highest BCUT2D eigenvalue weighted by Crippen LogP contribution is 1.35. The van der Waals surface area contributed by atoms with Crippen molar-refractivity contribution in [1.82, 2.24) is 0 Å². The molecule has 0 saturated heterocycles. The summed E-state index contributed by atoms with van der Waals surface area (Å²) in [6, 6.07) is 0. The summed E-state index contributed by atoms with van der Waals surface area (Å²) in [5, 5.41) is 0. The Morgan fingerprint density at radius 1 is 1.83 bits per heavy atom. The van der Waals surface area contributed by atoms with Crippen molar-refractivity contribution in [3.05, 3.63) is 12.8 Å². The first-order valence-electron chi connectivity index (χ1n) is 2.26. The highest BCUT2D eigenvalue weighted by Gasteiger charge is 1.81. The van der Waals surface area contributed by atoms with E-state index in [2.05, 4.69) is 20.6 Å². The first-order valence-corrected chi connectivity index (χ1v) is 2.26. The summed E-state index contributed by atoms with van der Waals surface area (Å²) in [6.07, 6.45) is 1.89. The minimum Gasteiger partial charge on any atom is -0.312 e. The predicted octanol–water partition coefficient (Wildman–Crippen LogP) is -0.335. The lowest BCUT2D eigenvalue weighted by molar-refractivity contribution is -0.822. The second kappa shape index (κ2) is 2.91. The molecular formula is C5H12N+. The van der Waals surface area contributed by atoms with Crippen LogP contribution in [0.25, 0.3) is 0 Å². The fraction of sp³-hybridized carbons (Fsp3) is 0.600. The van der Waals surface area contributed by atoms with Crippen LogP contribution >= 0.6 is 0 Å². The minimum atomic E-state index is 1.13. The number of rotatable bonds is 2. The molecule has 0 radical (unpaired) electrons. The zero-order valence-electron chi connectivity index (χ0n) is 4.49. The van der Waals surface area contributed by atoms with Crippen LogP contribution in [-0.2, 0) is 0 Å². The van der Waals surface area contributed by atoms with Crippen molar-refractivity contribution in [2.45, 2.75) is 6.92 Å². The molecule has 1 nitrogen and oxygen atoms in total. The van der Waals surface area contributed by atoms with Crippen molar-refractivity contribution in [2.75, 3.05) is 13.6 Å². The van der Waals surface area contributed by atoms with Gasteiger partial charge in [-0.3, -0.25) is 0 Å². The number of hydrogen-bond donors (Lipinski definition) is 1. The van der Waals surface area contributed by atoms with Crippen LogP contribution in [0.5, 0.6) is 0 Å². The van der Waals surface area contributed by atoms with Crippen molar-refractivity contribution in [3.8, 4) is 0 Å². The molecule has 0 fully saturated rings. The van der Waals surface area contributed by atoms with Crippen LogP contribution in [0.15, 0.2) is 12.8 Å². The van der Waals surface area contributed by atoms with E-state index < -0.39 is 0 Å². The number of quaternary nitrogens is 1. The summed E-state index contributed by atoms with van der Waals surface area (Å²) in [7, 11) is 2.08. The molecular weight excluding hydrogens is 74.1 g/mol. The molecule has 0 aromatic rings. The van der Waals surface area contributed by atoms with Gasteiger partial charge in [0.1, 0.15) is 0 Å². The van der Waals surface area contributed by atoms with Gasteiger partial charge in [0.25, 0.3) is 0 Å². The van der Waals surface area contributed by atoms with Gasteiger partial charge in [-0.25, -0.2) is 0 Å². The standard InChI is InChI=1S/C5H11N/c1-4-6(3)5-2/h4H,1,5H2,2-3H3/p+1. The van der Waals surface area contributed by atoms with Crippen LogP contribution in [0.1, 0.15) is 6.92 Å². The van der Waals surface area contributed by atoms with Crippen molar-refractivity contribution >= 4 is 0 Å². The molecule has 6 heavy (non-hydrogen) atoms. The van der Waals surface area contributed by atoms with Crippen LogP contribution in [0.2, 0.25) is 0 Å². The van der Waals surface area contributed by atoms with Crippen molar-refractivity contribution in [3.63, 3.8) is 0 Å². The third-order valence-electron chi connectivity index (χ3n) is 0.906. The Hall–Kier alpha value is -0.300. The van der Waals surface area contributed by atoms with Crippen LogP contribution < -0.4 is 4.90 Å². The summed E-state index contributed by atoms with van der Waals surface area (Å²) in [5.41, 5.74) is 0. The summed E-state index contributed by atoms with van der Waals surface area (Å²) in [4.78, 5) is 1.36. The zero-order chi connectivity index (χ0) is 4.99. The van der Waals surface area contributed by atoms with E-state index >= 15 is 0 Å². The maximum Gasteiger partial charge on any atom is 0.0867 e. The molecule has 0 spiro atoms. The van der Waals surface area contributed by atoms with Gasteiger partial charge in [-0.05, 0) is 13.5 Å². The summed E-state index contributed by atoms with van der Waals surface area (Å²) < 4.78 is 0. The van der Waals surface area contributed by atoms with E-state index in [0.29, 0.717) is 0 Å². The van der Waals surface area contributed by atoms with Gasteiger partial charge in [0.15, 0.2) is 0 Å². The van der Waals surface area contributed by atoms with Gasteiger partial charge in [0.2, 0.25) is 0 Å². The molecule has 0 aromatic heterocycles. The highest BCUT2D eigenvalue weighted by molar-refractivity contribution is 4.41. The average molecular weight is 86.2 g/mol. The first-order chi connectivity index (χ1) is 2.81. The molecule has 36 valence electrons. The van der Waals surface area contributed by atoms with Crippen molar-refractivity contribution < 1.29 is 4.90 Å². The summed E-state index contributed by atoms with van der Waals surface area (Å²) >= 11 is 0. The Morgan fingerprint density at radius 2 is 2.33 bits per heavy atom. The third kappa shape index (κ3) is 1.97. The van der Waals surface area contributed by atoms with Crippen LogP contribution in [0.3, 0.4) is 0 Å². The maximum absolute atomic E-state index is 3.59. The van der Waals surface area contributed by atoms with Crippen LogP contribution in [-0.4, -0.2) is 13.6 Å². The van der Waals surface area contributed by atoms with Gasteiger partial charge in [0, 0.05) is 0 Å². The highest BCUT2D eigenvalue weighted by atomic mass is 15.1. The molecule has 0 aliphatic rings. The first kappa shape index (κ1) is 5.70. The molecule has 0 saturated carbocycles. The van der Waals surface area contributed by atoms with Crippen molar-refractivity contribution in [1.29, 1.82) is 0 Å². The summed E-state index contributed by atoms with van der Waals surface area (Å²) in [6.45, 7) is 6.84. The second-order valence-electron chi connectivity index (χ2n) is 1.40. The molecule has 0 bridgehead atoms. The smallest absolute Gasteiger partial charge is 0.0867 e. The molecule has 0 aliphatic carbocycles. The van der Waals surface area contributed by atoms with E-state index in [1.807, 2.05) is 6.20 Å². The zero-order valence-corrected chi connectivity index (χ0v) is 4.49. The van der Waals surface area contributed by atoms with Gasteiger partial charge in [-0.15, -0.1) is 0 Å². The maximum atomic E-state index is 3.59. The molecule has 0 aliphatic heterocycles. The Balaban J connectivity index is 2.96. The number of hydrogen-bond acceptors (Lipinski definition) is 0. The van der Waals surface area contributed by atoms with E-state index in [1.54, 1.807) is 0 Å². The average Bonchev–Trinajstić information content (AvgIpc) is 1.65. The SMILES string of the molecule is C=C[NH+](C)CC. The number of nitrogens with one attached hydrogen (secondary N) is 1. The van der Waals surface area contributed by atoms with Crippen molar-refractivity contribution in [2.24, 2.45) is 0 Å². The van der Waals surface area contributed by atoms with E-state index in [4.69, 9.17) is 0 Å². The molecule has 0 amide bonds. The molecule has 1 atom stereocenters. The van der Waals surface area contributed by atoms with Crippen LogP contribution in [0.4, 0.5) is 0 Å². The Kier molecular flexibility index (Phi) is 2.77. The van der Waals surface area contributed by atoms with Gasteiger partial charge in [0.05, 0.1) is 19.8 Å². The second-order valence-corrected chi connectivity index (χ2v) is 1.40. The van der Waals surface area contributed by atoms with E-state index in [-0.39, 0.29) is 0 Å². The molecule has 0 rings (SSSR count). The molecule has 0 heterocycles. The summed E-state index contributed by atoms with van der Waals surface area (Å²) in [5.74, 6) is 0. The normalized spacial score (nSPS) is 13.7. The lowest BCUT2D eigenvalue weighted by Gasteiger charge is -1.99. The van der Waals surface area contributed by atoms with Gasteiger partial charge in [-0.2, -0.15) is 0 Å². The fourth-order valence-corrected chi connectivity index (χ4v) is 0.144. The van der Waals surface area contributed by atoms with Gasteiger partial charge in [-0.1, -0.05) is 0 Å². The molecule has 0 aromatic carbocycles. The van der Waals surface area contributed by atoms with Crippen LogP contribution in [0, 0.1) is 0 Å². The molecule has 1 heteroatoms. The molecule has 1 unspecified atom stereocenters. The van der Waals surface area contributed by atoms with E-state index in [1.165, 1.54) is 4.90 Å². The van der Waals surface area contributed by atoms with Gasteiger partial charge < -0.3 is 4.90 Å². The van der Waals surface area contributed by atoms with Gasteiger partial charge >= 0.3 is 0 Å². The quantitative estimate of drug-likeness (QED) is 0.469. The largest absolute Gasteiger partial charge is 0.312 e. The third-order valence-corrected chi connectivity index (χ3v) is 0.906. The Morgan fingerprint density at radius 3 is 2.33 bits per heavy atom. The van der Waals surface area contributed by atoms with E-state index in [9.17, 15) is 0 Å². The fourth-order valence-electron chi connectivity index (χ4n) is 0.144. The predicted molar refractivity (Wildman–Crippen MR) is 27.6 cm³/mol. The topological polar surface area (TPSA) is 4.44 Å². The lowest BCUT2D eigenvalue weighted by Crippen LogP contribution is -3.03. The Bertz CT molecular complexity index is 41.2. The lowest BCUT2D eigenvalue weighted by atomic mass is 10.7. The monoisotopic (exact) mass is 86.1 g/mol. The van der Waals surface area contributed by atoms with E-state index in [0.717, 1.165) is 6.54 Å².